The van der Waals surface area contributed by atoms with Gasteiger partial charge >= 0.3 is 0 Å². The molecular formula is C22H28N2O5S2. The van der Waals surface area contributed by atoms with E-state index in [0.717, 1.165) is 5.56 Å². The second-order valence-corrected chi connectivity index (χ2v) is 10.1. The summed E-state index contributed by atoms with van der Waals surface area (Å²) in [7, 11) is -3.57. The van der Waals surface area contributed by atoms with Crippen molar-refractivity contribution in [2.75, 3.05) is 39.2 Å². The fourth-order valence-corrected chi connectivity index (χ4v) is 5.18. The van der Waals surface area contributed by atoms with Crippen LogP contribution in [0.15, 0.2) is 52.3 Å². The summed E-state index contributed by atoms with van der Waals surface area (Å²) in [4.78, 5) is 13.7. The highest BCUT2D eigenvalue weighted by Crippen LogP contribution is 2.25. The van der Waals surface area contributed by atoms with Crippen molar-refractivity contribution >= 4 is 27.7 Å². The summed E-state index contributed by atoms with van der Waals surface area (Å²) in [6.07, 6.45) is 2.02. The van der Waals surface area contributed by atoms with Gasteiger partial charge in [0.15, 0.2) is 6.61 Å². The monoisotopic (exact) mass is 464 g/mol. The van der Waals surface area contributed by atoms with Crippen molar-refractivity contribution in [3.8, 4) is 5.75 Å². The molecule has 1 heterocycles. The number of rotatable bonds is 8. The minimum absolute atomic E-state index is 0.144. The van der Waals surface area contributed by atoms with Crippen LogP contribution in [0.25, 0.3) is 0 Å². The summed E-state index contributed by atoms with van der Waals surface area (Å²) in [5, 5.41) is 2.92. The van der Waals surface area contributed by atoms with Crippen LogP contribution in [0.4, 0.5) is 0 Å². The number of amides is 1. The smallest absolute Gasteiger partial charge is 0.258 e. The van der Waals surface area contributed by atoms with Gasteiger partial charge in [-0.3, -0.25) is 4.79 Å². The van der Waals surface area contributed by atoms with Gasteiger partial charge in [-0.15, -0.1) is 11.8 Å². The van der Waals surface area contributed by atoms with Crippen LogP contribution < -0.4 is 10.1 Å². The third-order valence-electron chi connectivity index (χ3n) is 5.11. The molecule has 0 aliphatic carbocycles. The van der Waals surface area contributed by atoms with Gasteiger partial charge in [-0.1, -0.05) is 12.1 Å². The molecule has 1 atom stereocenters. The highest BCUT2D eigenvalue weighted by molar-refractivity contribution is 7.98. The van der Waals surface area contributed by atoms with Crippen molar-refractivity contribution in [3.05, 3.63) is 53.6 Å². The van der Waals surface area contributed by atoms with Gasteiger partial charge in [0.1, 0.15) is 5.75 Å². The Kier molecular flexibility index (Phi) is 7.99. The Bertz CT molecular complexity index is 1000. The Morgan fingerprint density at radius 3 is 2.48 bits per heavy atom. The first-order valence-electron chi connectivity index (χ1n) is 10.1. The summed E-state index contributed by atoms with van der Waals surface area (Å²) >= 11 is 1.67. The van der Waals surface area contributed by atoms with Gasteiger partial charge < -0.3 is 14.8 Å². The fraction of sp³-hybridized carbons (Fsp3) is 0.409. The summed E-state index contributed by atoms with van der Waals surface area (Å²) < 4.78 is 37.8. The van der Waals surface area contributed by atoms with E-state index in [1.165, 1.54) is 15.3 Å². The lowest BCUT2D eigenvalue weighted by Gasteiger charge is -2.26. The zero-order valence-electron chi connectivity index (χ0n) is 18.0. The standard InChI is InChI=1S/C22H28N2O5S2/c1-16-14-20(31(26,27)24-10-12-28-13-11-24)8-9-21(16)29-15-22(25)23-17(2)18-4-6-19(30-3)7-5-18/h4-9,14,17H,10-13,15H2,1-3H3,(H,23,25). The van der Waals surface area contributed by atoms with Crippen LogP contribution in [0.1, 0.15) is 24.1 Å². The molecule has 2 aromatic carbocycles. The Morgan fingerprint density at radius 1 is 1.19 bits per heavy atom. The fourth-order valence-electron chi connectivity index (χ4n) is 3.28. The second kappa shape index (κ2) is 10.5. The van der Waals surface area contributed by atoms with Crippen molar-refractivity contribution in [1.29, 1.82) is 0 Å². The topological polar surface area (TPSA) is 84.9 Å². The maximum atomic E-state index is 12.8. The lowest BCUT2D eigenvalue weighted by atomic mass is 10.1. The minimum atomic E-state index is -3.57. The van der Waals surface area contributed by atoms with Gasteiger partial charge in [-0.05, 0) is 61.6 Å². The Morgan fingerprint density at radius 2 is 1.87 bits per heavy atom. The van der Waals surface area contributed by atoms with Gasteiger partial charge in [-0.25, -0.2) is 8.42 Å². The molecule has 0 saturated carbocycles. The van der Waals surface area contributed by atoms with Gasteiger partial charge in [0.2, 0.25) is 10.0 Å². The highest BCUT2D eigenvalue weighted by Gasteiger charge is 2.26. The van der Waals surface area contributed by atoms with Crippen molar-refractivity contribution in [2.24, 2.45) is 0 Å². The predicted octanol–water partition coefficient (Wildman–Crippen LogP) is 2.99. The van der Waals surface area contributed by atoms with Crippen LogP contribution in [-0.4, -0.2) is 57.8 Å². The molecule has 0 aromatic heterocycles. The van der Waals surface area contributed by atoms with Gasteiger partial charge in [0, 0.05) is 18.0 Å². The van der Waals surface area contributed by atoms with E-state index in [0.29, 0.717) is 37.6 Å². The highest BCUT2D eigenvalue weighted by atomic mass is 32.2. The molecule has 0 radical (unpaired) electrons. The summed E-state index contributed by atoms with van der Waals surface area (Å²) in [5.41, 5.74) is 1.67. The van der Waals surface area contributed by atoms with Crippen molar-refractivity contribution in [1.82, 2.24) is 9.62 Å². The number of carbonyl (C=O) groups excluding carboxylic acids is 1. The summed E-state index contributed by atoms with van der Waals surface area (Å²) in [6.45, 7) is 5.02. The number of carbonyl (C=O) groups is 1. The van der Waals surface area contributed by atoms with E-state index in [9.17, 15) is 13.2 Å². The largest absolute Gasteiger partial charge is 0.484 e. The van der Waals surface area contributed by atoms with Crippen LogP contribution in [0.5, 0.6) is 5.75 Å². The number of nitrogens with zero attached hydrogens (tertiary/aromatic N) is 1. The molecule has 1 N–H and O–H groups in total. The van der Waals surface area contributed by atoms with Gasteiger partial charge in [0.05, 0.1) is 24.2 Å². The molecule has 9 heteroatoms. The maximum absolute atomic E-state index is 12.8. The molecule has 2 aromatic rings. The number of ether oxygens (including phenoxy) is 2. The maximum Gasteiger partial charge on any atom is 0.258 e. The van der Waals surface area contributed by atoms with E-state index in [1.807, 2.05) is 37.4 Å². The van der Waals surface area contributed by atoms with Crippen LogP contribution in [0.2, 0.25) is 0 Å². The van der Waals surface area contributed by atoms with E-state index in [2.05, 4.69) is 5.32 Å². The average molecular weight is 465 g/mol. The van der Waals surface area contributed by atoms with E-state index in [4.69, 9.17) is 9.47 Å². The molecule has 0 spiro atoms. The zero-order valence-corrected chi connectivity index (χ0v) is 19.6. The Balaban J connectivity index is 1.58. The number of hydrogen-bond acceptors (Lipinski definition) is 6. The van der Waals surface area contributed by atoms with Crippen LogP contribution in [0, 0.1) is 6.92 Å². The molecule has 7 nitrogen and oxygen atoms in total. The first-order chi connectivity index (χ1) is 14.8. The lowest BCUT2D eigenvalue weighted by Crippen LogP contribution is -2.40. The van der Waals surface area contributed by atoms with Crippen molar-refractivity contribution < 1.29 is 22.7 Å². The summed E-state index contributed by atoms with van der Waals surface area (Å²) in [6, 6.07) is 12.6. The second-order valence-electron chi connectivity index (χ2n) is 7.29. The number of benzene rings is 2. The third-order valence-corrected chi connectivity index (χ3v) is 7.74. The molecular weight excluding hydrogens is 436 g/mol. The number of sulfonamides is 1. The number of aryl methyl sites for hydroxylation is 1. The molecule has 31 heavy (non-hydrogen) atoms. The molecule has 0 bridgehead atoms. The van der Waals surface area contributed by atoms with Crippen LogP contribution in [-0.2, 0) is 19.6 Å². The zero-order chi connectivity index (χ0) is 22.4. The molecule has 1 saturated heterocycles. The normalized spacial score (nSPS) is 16.0. The minimum Gasteiger partial charge on any atom is -0.484 e. The number of hydrogen-bond donors (Lipinski definition) is 1. The van der Waals surface area contributed by atoms with E-state index in [-0.39, 0.29) is 23.5 Å². The molecule has 1 amide bonds. The third kappa shape index (κ3) is 6.00. The van der Waals surface area contributed by atoms with Crippen LogP contribution >= 0.6 is 11.8 Å². The number of thioether (sulfide) groups is 1. The molecule has 1 fully saturated rings. The molecule has 1 aliphatic heterocycles. The Labute approximate surface area is 188 Å². The Hall–Kier alpha value is -2.07. The van der Waals surface area contributed by atoms with Gasteiger partial charge in [-0.2, -0.15) is 4.31 Å². The first-order valence-corrected chi connectivity index (χ1v) is 12.7. The molecule has 1 aliphatic rings. The van der Waals surface area contributed by atoms with Gasteiger partial charge in [0.25, 0.3) is 5.91 Å². The van der Waals surface area contributed by atoms with Crippen LogP contribution in [0.3, 0.4) is 0 Å². The predicted molar refractivity (Wildman–Crippen MR) is 121 cm³/mol. The van der Waals surface area contributed by atoms with Crippen molar-refractivity contribution in [2.45, 2.75) is 29.7 Å². The number of nitrogens with one attached hydrogen (secondary N) is 1. The SMILES string of the molecule is CSc1ccc(C(C)NC(=O)COc2ccc(S(=O)(=O)N3CCOCC3)cc2C)cc1. The molecule has 3 rings (SSSR count). The molecule has 168 valence electrons. The molecule has 1 unspecified atom stereocenters. The lowest BCUT2D eigenvalue weighted by molar-refractivity contribution is -0.123. The quantitative estimate of drug-likeness (QED) is 0.605. The number of morpholine rings is 1. The van der Waals surface area contributed by atoms with E-state index < -0.39 is 10.0 Å². The van der Waals surface area contributed by atoms with E-state index in [1.54, 1.807) is 30.8 Å². The van der Waals surface area contributed by atoms with Crippen molar-refractivity contribution in [3.63, 3.8) is 0 Å². The average Bonchev–Trinajstić information content (AvgIpc) is 2.78. The first kappa shape index (κ1) is 23.6. The summed E-state index contributed by atoms with van der Waals surface area (Å²) in [5.74, 6) is 0.235. The van der Waals surface area contributed by atoms with E-state index >= 15 is 0 Å².